The molecule has 1 saturated heterocycles. The molecule has 1 aliphatic heterocycles. The molecule has 1 unspecified atom stereocenters. The Morgan fingerprint density at radius 3 is 2.76 bits per heavy atom. The van der Waals surface area contributed by atoms with Crippen LogP contribution in [0, 0.1) is 5.92 Å². The molecule has 0 aromatic rings. The number of nitrogens with zero attached hydrogens (tertiary/aromatic N) is 1. The van der Waals surface area contributed by atoms with Crippen molar-refractivity contribution >= 4 is 5.91 Å². The van der Waals surface area contributed by atoms with Crippen molar-refractivity contribution in [3.05, 3.63) is 0 Å². The summed E-state index contributed by atoms with van der Waals surface area (Å²) in [5.74, 6) is 0.711. The highest BCUT2D eigenvalue weighted by atomic mass is 16.2. The standard InChI is InChI=1S/C13H27N3O/c1-5-15-13(2,3)12(17)14-9-11-7-6-8-16(4)10-11/h11,15H,5-10H2,1-4H3,(H,14,17). The van der Waals surface area contributed by atoms with Crippen molar-refractivity contribution in [3.63, 3.8) is 0 Å². The van der Waals surface area contributed by atoms with Crippen LogP contribution >= 0.6 is 0 Å². The smallest absolute Gasteiger partial charge is 0.239 e. The number of hydrogen-bond donors (Lipinski definition) is 2. The van der Waals surface area contributed by atoms with Crippen LogP contribution in [0.15, 0.2) is 0 Å². The van der Waals surface area contributed by atoms with Gasteiger partial charge in [-0.1, -0.05) is 6.92 Å². The first kappa shape index (κ1) is 14.5. The van der Waals surface area contributed by atoms with E-state index in [4.69, 9.17) is 0 Å². The second-order valence-electron chi connectivity index (χ2n) is 5.64. The van der Waals surface area contributed by atoms with E-state index in [1.54, 1.807) is 0 Å². The first-order valence-corrected chi connectivity index (χ1v) is 6.67. The van der Waals surface area contributed by atoms with Crippen LogP contribution < -0.4 is 10.6 Å². The third-order valence-corrected chi connectivity index (χ3v) is 3.46. The van der Waals surface area contributed by atoms with Crippen molar-refractivity contribution < 1.29 is 4.79 Å². The normalized spacial score (nSPS) is 22.5. The SMILES string of the molecule is CCNC(C)(C)C(=O)NCC1CCCN(C)C1. The van der Waals surface area contributed by atoms with Gasteiger partial charge in [0.25, 0.3) is 0 Å². The number of carbonyl (C=O) groups excluding carboxylic acids is 1. The molecule has 4 nitrogen and oxygen atoms in total. The van der Waals surface area contributed by atoms with Gasteiger partial charge in [-0.15, -0.1) is 0 Å². The highest BCUT2D eigenvalue weighted by Gasteiger charge is 2.27. The highest BCUT2D eigenvalue weighted by molar-refractivity contribution is 5.85. The molecule has 1 rings (SSSR count). The van der Waals surface area contributed by atoms with E-state index in [0.29, 0.717) is 5.92 Å². The third kappa shape index (κ3) is 4.64. The minimum absolute atomic E-state index is 0.104. The second kappa shape index (κ2) is 6.36. The number of amides is 1. The van der Waals surface area contributed by atoms with Crippen LogP contribution in [-0.2, 0) is 4.79 Å². The Morgan fingerprint density at radius 1 is 1.47 bits per heavy atom. The van der Waals surface area contributed by atoms with Crippen molar-refractivity contribution in [2.75, 3.05) is 33.2 Å². The van der Waals surface area contributed by atoms with E-state index < -0.39 is 5.54 Å². The summed E-state index contributed by atoms with van der Waals surface area (Å²) in [6.45, 7) is 9.78. The van der Waals surface area contributed by atoms with E-state index in [9.17, 15) is 4.79 Å². The summed E-state index contributed by atoms with van der Waals surface area (Å²) in [5.41, 5.74) is -0.463. The lowest BCUT2D eigenvalue weighted by molar-refractivity contribution is -0.126. The maximum absolute atomic E-state index is 12.0. The fraction of sp³-hybridized carbons (Fsp3) is 0.923. The Balaban J connectivity index is 2.32. The lowest BCUT2D eigenvalue weighted by Gasteiger charge is -2.31. The summed E-state index contributed by atoms with van der Waals surface area (Å²) >= 11 is 0. The molecule has 17 heavy (non-hydrogen) atoms. The number of likely N-dealkylation sites (tertiary alicyclic amines) is 1. The average molecular weight is 241 g/mol. The van der Waals surface area contributed by atoms with Crippen molar-refractivity contribution in [2.45, 2.75) is 39.2 Å². The van der Waals surface area contributed by atoms with Gasteiger partial charge in [0, 0.05) is 13.1 Å². The quantitative estimate of drug-likeness (QED) is 0.749. The van der Waals surface area contributed by atoms with Crippen LogP contribution in [-0.4, -0.2) is 49.6 Å². The third-order valence-electron chi connectivity index (χ3n) is 3.46. The fourth-order valence-electron chi connectivity index (χ4n) is 2.42. The molecule has 2 N–H and O–H groups in total. The molecule has 0 aromatic heterocycles. The maximum atomic E-state index is 12.0. The average Bonchev–Trinajstić information content (AvgIpc) is 2.26. The van der Waals surface area contributed by atoms with E-state index in [1.165, 1.54) is 19.4 Å². The van der Waals surface area contributed by atoms with Gasteiger partial charge in [-0.05, 0) is 52.7 Å². The van der Waals surface area contributed by atoms with E-state index in [-0.39, 0.29) is 5.91 Å². The molecule has 1 amide bonds. The lowest BCUT2D eigenvalue weighted by Crippen LogP contribution is -2.53. The van der Waals surface area contributed by atoms with Crippen LogP contribution in [0.3, 0.4) is 0 Å². The number of likely N-dealkylation sites (N-methyl/N-ethyl adjacent to an activating group) is 1. The van der Waals surface area contributed by atoms with Crippen molar-refractivity contribution in [1.82, 2.24) is 15.5 Å². The monoisotopic (exact) mass is 241 g/mol. The topological polar surface area (TPSA) is 44.4 Å². The highest BCUT2D eigenvalue weighted by Crippen LogP contribution is 2.14. The first-order chi connectivity index (χ1) is 7.95. The van der Waals surface area contributed by atoms with E-state index in [0.717, 1.165) is 19.6 Å². The molecule has 0 bridgehead atoms. The predicted octanol–water partition coefficient (Wildman–Crippen LogP) is 0.833. The summed E-state index contributed by atoms with van der Waals surface area (Å²) in [6.07, 6.45) is 2.47. The summed E-state index contributed by atoms with van der Waals surface area (Å²) in [4.78, 5) is 14.3. The van der Waals surface area contributed by atoms with Gasteiger partial charge in [0.1, 0.15) is 0 Å². The number of hydrogen-bond acceptors (Lipinski definition) is 3. The molecule has 0 spiro atoms. The minimum Gasteiger partial charge on any atom is -0.354 e. The summed E-state index contributed by atoms with van der Waals surface area (Å²) < 4.78 is 0. The van der Waals surface area contributed by atoms with E-state index in [2.05, 4.69) is 22.6 Å². The molecule has 100 valence electrons. The Labute approximate surface area is 105 Å². The van der Waals surface area contributed by atoms with Gasteiger partial charge in [0.05, 0.1) is 5.54 Å². The molecular weight excluding hydrogens is 214 g/mol. The number of nitrogens with one attached hydrogen (secondary N) is 2. The van der Waals surface area contributed by atoms with Crippen molar-refractivity contribution in [3.8, 4) is 0 Å². The van der Waals surface area contributed by atoms with Gasteiger partial charge in [0.2, 0.25) is 5.91 Å². The minimum atomic E-state index is -0.463. The maximum Gasteiger partial charge on any atom is 0.239 e. The molecule has 0 radical (unpaired) electrons. The van der Waals surface area contributed by atoms with Gasteiger partial charge >= 0.3 is 0 Å². The molecule has 1 fully saturated rings. The van der Waals surface area contributed by atoms with Gasteiger partial charge in [-0.2, -0.15) is 0 Å². The summed E-state index contributed by atoms with van der Waals surface area (Å²) in [5, 5.41) is 6.27. The van der Waals surface area contributed by atoms with Crippen LogP contribution in [0.1, 0.15) is 33.6 Å². The van der Waals surface area contributed by atoms with E-state index >= 15 is 0 Å². The summed E-state index contributed by atoms with van der Waals surface area (Å²) in [6, 6.07) is 0. The first-order valence-electron chi connectivity index (χ1n) is 6.67. The summed E-state index contributed by atoms with van der Waals surface area (Å²) in [7, 11) is 2.15. The van der Waals surface area contributed by atoms with Crippen LogP contribution in [0.5, 0.6) is 0 Å². The molecule has 1 heterocycles. The molecule has 1 atom stereocenters. The zero-order valence-corrected chi connectivity index (χ0v) is 11.7. The molecule has 0 saturated carbocycles. The Bertz CT molecular complexity index is 253. The van der Waals surface area contributed by atoms with Crippen molar-refractivity contribution in [1.29, 1.82) is 0 Å². The zero-order valence-electron chi connectivity index (χ0n) is 11.7. The molecular formula is C13H27N3O. The number of carbonyl (C=O) groups is 1. The predicted molar refractivity (Wildman–Crippen MR) is 71.0 cm³/mol. The van der Waals surface area contributed by atoms with Gasteiger partial charge in [-0.3, -0.25) is 4.79 Å². The van der Waals surface area contributed by atoms with Crippen LogP contribution in [0.25, 0.3) is 0 Å². The Kier molecular flexibility index (Phi) is 5.40. The van der Waals surface area contributed by atoms with Crippen LogP contribution in [0.2, 0.25) is 0 Å². The van der Waals surface area contributed by atoms with Crippen molar-refractivity contribution in [2.24, 2.45) is 5.92 Å². The van der Waals surface area contributed by atoms with Gasteiger partial charge in [0.15, 0.2) is 0 Å². The number of rotatable bonds is 5. The lowest BCUT2D eigenvalue weighted by atomic mass is 9.97. The van der Waals surface area contributed by atoms with Gasteiger partial charge in [-0.25, -0.2) is 0 Å². The van der Waals surface area contributed by atoms with Crippen LogP contribution in [0.4, 0.5) is 0 Å². The molecule has 4 heteroatoms. The van der Waals surface area contributed by atoms with Gasteiger partial charge < -0.3 is 15.5 Å². The zero-order chi connectivity index (χ0) is 12.9. The van der Waals surface area contributed by atoms with E-state index in [1.807, 2.05) is 20.8 Å². The molecule has 0 aliphatic carbocycles. The largest absolute Gasteiger partial charge is 0.354 e. The molecule has 0 aromatic carbocycles. The molecule has 1 aliphatic rings. The number of piperidine rings is 1. The fourth-order valence-corrected chi connectivity index (χ4v) is 2.42. The Morgan fingerprint density at radius 2 is 2.18 bits per heavy atom. The Hall–Kier alpha value is -0.610. The second-order valence-corrected chi connectivity index (χ2v) is 5.64.